The van der Waals surface area contributed by atoms with Crippen molar-refractivity contribution in [2.45, 2.75) is 5.16 Å². The molecule has 12 nitrogen and oxygen atoms in total. The Morgan fingerprint density at radius 2 is 1.69 bits per heavy atom. The van der Waals surface area contributed by atoms with Gasteiger partial charge in [0.2, 0.25) is 5.75 Å². The zero-order valence-electron chi connectivity index (χ0n) is 21.2. The molecule has 39 heavy (non-hydrogen) atoms. The highest BCUT2D eigenvalue weighted by Crippen LogP contribution is 2.41. The molecule has 0 saturated carbocycles. The minimum Gasteiger partial charge on any atom is -0.493 e. The van der Waals surface area contributed by atoms with Gasteiger partial charge in [-0.1, -0.05) is 42.1 Å². The molecule has 0 aliphatic carbocycles. The lowest BCUT2D eigenvalue weighted by atomic mass is 10.1. The lowest BCUT2D eigenvalue weighted by Crippen LogP contribution is -2.20. The molecule has 0 aliphatic rings. The molecule has 0 spiro atoms. The van der Waals surface area contributed by atoms with Crippen LogP contribution in [-0.4, -0.2) is 58.9 Å². The Hall–Kier alpha value is -4.91. The standard InChI is InChI=1S/C26H24N6O6S/c1-36-21-13-18(14-22(37-2)24(21)38-3)25-29-30-26(31(25)19-10-5-4-6-11-19)39-16-23(33)28-27-15-17-9-7-8-12-20(17)32(34)35/h4-15H,16H2,1-3H3,(H,28,33)/b27-15-. The molecule has 4 rings (SSSR count). The van der Waals surface area contributed by atoms with Gasteiger partial charge < -0.3 is 14.2 Å². The highest BCUT2D eigenvalue weighted by molar-refractivity contribution is 7.99. The minimum atomic E-state index is -0.513. The fourth-order valence-corrected chi connectivity index (χ4v) is 4.41. The Morgan fingerprint density at radius 1 is 1.03 bits per heavy atom. The number of para-hydroxylation sites is 2. The molecule has 200 valence electrons. The molecule has 0 fully saturated rings. The van der Waals surface area contributed by atoms with Crippen LogP contribution in [0.5, 0.6) is 17.2 Å². The van der Waals surface area contributed by atoms with Gasteiger partial charge in [0.15, 0.2) is 22.5 Å². The van der Waals surface area contributed by atoms with E-state index in [1.165, 1.54) is 39.7 Å². The maximum absolute atomic E-state index is 12.5. The largest absolute Gasteiger partial charge is 0.493 e. The molecule has 3 aromatic carbocycles. The molecule has 0 aliphatic heterocycles. The van der Waals surface area contributed by atoms with Crippen LogP contribution in [0, 0.1) is 10.1 Å². The SMILES string of the molecule is COc1cc(-c2nnc(SCC(=O)N/N=C\c3ccccc3[N+](=O)[O-])n2-c2ccccc2)cc(OC)c1OC. The van der Waals surface area contributed by atoms with Crippen LogP contribution < -0.4 is 19.6 Å². The van der Waals surface area contributed by atoms with E-state index >= 15 is 0 Å². The van der Waals surface area contributed by atoms with Gasteiger partial charge in [0, 0.05) is 17.3 Å². The fraction of sp³-hybridized carbons (Fsp3) is 0.154. The summed E-state index contributed by atoms with van der Waals surface area (Å²) in [6.07, 6.45) is 1.23. The predicted octanol–water partition coefficient (Wildman–Crippen LogP) is 4.11. The summed E-state index contributed by atoms with van der Waals surface area (Å²) in [6, 6.07) is 19.1. The van der Waals surface area contributed by atoms with Crippen molar-refractivity contribution in [3.05, 3.63) is 82.4 Å². The van der Waals surface area contributed by atoms with Crippen molar-refractivity contribution in [2.24, 2.45) is 5.10 Å². The van der Waals surface area contributed by atoms with E-state index in [0.29, 0.717) is 33.8 Å². The maximum Gasteiger partial charge on any atom is 0.278 e. The third kappa shape index (κ3) is 6.15. The average molecular weight is 549 g/mol. The highest BCUT2D eigenvalue weighted by atomic mass is 32.2. The van der Waals surface area contributed by atoms with Crippen molar-refractivity contribution in [1.29, 1.82) is 0 Å². The predicted molar refractivity (Wildman–Crippen MR) is 146 cm³/mol. The van der Waals surface area contributed by atoms with Crippen molar-refractivity contribution < 1.29 is 23.9 Å². The van der Waals surface area contributed by atoms with Gasteiger partial charge in [-0.2, -0.15) is 5.10 Å². The molecule has 1 aromatic heterocycles. The van der Waals surface area contributed by atoms with E-state index in [9.17, 15) is 14.9 Å². The van der Waals surface area contributed by atoms with E-state index in [1.54, 1.807) is 24.3 Å². The number of nitrogens with one attached hydrogen (secondary N) is 1. The minimum absolute atomic E-state index is 0.0333. The maximum atomic E-state index is 12.5. The number of ether oxygens (including phenoxy) is 3. The molecule has 0 unspecified atom stereocenters. The molecule has 0 radical (unpaired) electrons. The number of aromatic nitrogens is 3. The monoisotopic (exact) mass is 548 g/mol. The number of nitro benzene ring substituents is 1. The molecule has 1 amide bonds. The number of amides is 1. The van der Waals surface area contributed by atoms with Gasteiger partial charge in [0.1, 0.15) is 0 Å². The summed E-state index contributed by atoms with van der Waals surface area (Å²) in [4.78, 5) is 23.1. The molecule has 0 saturated heterocycles. The van der Waals surface area contributed by atoms with Crippen LogP contribution in [0.2, 0.25) is 0 Å². The lowest BCUT2D eigenvalue weighted by Gasteiger charge is -2.15. The summed E-state index contributed by atoms with van der Waals surface area (Å²) in [5, 5.41) is 24.2. The van der Waals surface area contributed by atoms with Crippen molar-refractivity contribution in [1.82, 2.24) is 20.2 Å². The van der Waals surface area contributed by atoms with Crippen LogP contribution >= 0.6 is 11.8 Å². The molecule has 0 bridgehead atoms. The van der Waals surface area contributed by atoms with E-state index < -0.39 is 10.8 Å². The number of nitro groups is 1. The van der Waals surface area contributed by atoms with Crippen molar-refractivity contribution in [3.8, 4) is 34.3 Å². The molecule has 1 N–H and O–H groups in total. The van der Waals surface area contributed by atoms with Gasteiger partial charge in [-0.05, 0) is 30.3 Å². The molecular formula is C26H24N6O6S. The smallest absolute Gasteiger partial charge is 0.278 e. The van der Waals surface area contributed by atoms with E-state index in [4.69, 9.17) is 14.2 Å². The second kappa shape index (κ2) is 12.6. The number of thioether (sulfide) groups is 1. The highest BCUT2D eigenvalue weighted by Gasteiger charge is 2.21. The fourth-order valence-electron chi connectivity index (χ4n) is 3.67. The van der Waals surface area contributed by atoms with Crippen molar-refractivity contribution in [2.75, 3.05) is 27.1 Å². The summed E-state index contributed by atoms with van der Waals surface area (Å²) < 4.78 is 18.2. The number of methoxy groups -OCH3 is 3. The summed E-state index contributed by atoms with van der Waals surface area (Å²) in [7, 11) is 4.58. The first kappa shape index (κ1) is 27.1. The summed E-state index contributed by atoms with van der Waals surface area (Å²) in [5.41, 5.74) is 3.99. The van der Waals surface area contributed by atoms with Crippen LogP contribution in [-0.2, 0) is 4.79 Å². The number of hydrazone groups is 1. The van der Waals surface area contributed by atoms with Gasteiger partial charge in [-0.3, -0.25) is 19.5 Å². The van der Waals surface area contributed by atoms with Crippen LogP contribution in [0.4, 0.5) is 5.69 Å². The quantitative estimate of drug-likeness (QED) is 0.127. The Bertz CT molecular complexity index is 1480. The Morgan fingerprint density at radius 3 is 2.33 bits per heavy atom. The number of hydrogen-bond acceptors (Lipinski definition) is 10. The molecule has 4 aromatic rings. The van der Waals surface area contributed by atoms with E-state index in [-0.39, 0.29) is 17.0 Å². The van der Waals surface area contributed by atoms with E-state index in [0.717, 1.165) is 17.4 Å². The van der Waals surface area contributed by atoms with Crippen LogP contribution in [0.1, 0.15) is 5.56 Å². The summed E-state index contributed by atoms with van der Waals surface area (Å²) >= 11 is 1.16. The molecule has 13 heteroatoms. The third-order valence-electron chi connectivity index (χ3n) is 5.43. The number of rotatable bonds is 11. The first-order valence-corrected chi connectivity index (χ1v) is 12.4. The zero-order chi connectivity index (χ0) is 27.8. The van der Waals surface area contributed by atoms with Crippen LogP contribution in [0.15, 0.2) is 77.0 Å². The van der Waals surface area contributed by atoms with Crippen LogP contribution in [0.3, 0.4) is 0 Å². The van der Waals surface area contributed by atoms with Gasteiger partial charge >= 0.3 is 0 Å². The number of benzene rings is 3. The molecule has 0 atom stereocenters. The number of carbonyl (C=O) groups excluding carboxylic acids is 1. The number of hydrogen-bond donors (Lipinski definition) is 1. The zero-order valence-corrected chi connectivity index (χ0v) is 22.0. The normalized spacial score (nSPS) is 10.8. The topological polar surface area (TPSA) is 143 Å². The second-order valence-corrected chi connectivity index (χ2v) is 8.73. The van der Waals surface area contributed by atoms with Gasteiger partial charge in [-0.25, -0.2) is 5.43 Å². The summed E-state index contributed by atoms with van der Waals surface area (Å²) in [6.45, 7) is 0. The first-order valence-electron chi connectivity index (χ1n) is 11.5. The second-order valence-electron chi connectivity index (χ2n) is 7.79. The van der Waals surface area contributed by atoms with Gasteiger partial charge in [-0.15, -0.1) is 10.2 Å². The van der Waals surface area contributed by atoms with Crippen molar-refractivity contribution in [3.63, 3.8) is 0 Å². The summed E-state index contributed by atoms with van der Waals surface area (Å²) in [5.74, 6) is 1.40. The lowest BCUT2D eigenvalue weighted by molar-refractivity contribution is -0.385. The molecular weight excluding hydrogens is 524 g/mol. The van der Waals surface area contributed by atoms with Crippen molar-refractivity contribution >= 4 is 29.6 Å². The first-order chi connectivity index (χ1) is 19.0. The van der Waals surface area contributed by atoms with E-state index in [1.807, 2.05) is 34.9 Å². The molecule has 1 heterocycles. The van der Waals surface area contributed by atoms with Crippen LogP contribution in [0.25, 0.3) is 17.1 Å². The third-order valence-corrected chi connectivity index (χ3v) is 6.36. The van der Waals surface area contributed by atoms with Gasteiger partial charge in [0.25, 0.3) is 11.6 Å². The van der Waals surface area contributed by atoms with E-state index in [2.05, 4.69) is 20.7 Å². The average Bonchev–Trinajstić information content (AvgIpc) is 3.39. The Balaban J connectivity index is 1.58. The number of carbonyl (C=O) groups is 1. The number of nitrogens with zero attached hydrogens (tertiary/aromatic N) is 5. The van der Waals surface area contributed by atoms with Gasteiger partial charge in [0.05, 0.1) is 43.8 Å². The Kier molecular flexibility index (Phi) is 8.74. The Labute approximate surface area is 227 Å².